The SMILES string of the molecule is [C-]#[N+]c1cc(OCC#N)ccc1C(C)(C)C. The van der Waals surface area contributed by atoms with Crippen molar-refractivity contribution >= 4 is 5.69 Å². The summed E-state index contributed by atoms with van der Waals surface area (Å²) in [5, 5.41) is 8.40. The van der Waals surface area contributed by atoms with Crippen LogP contribution in [-0.4, -0.2) is 6.61 Å². The van der Waals surface area contributed by atoms with E-state index in [-0.39, 0.29) is 12.0 Å². The molecule has 0 aliphatic heterocycles. The molecule has 0 atom stereocenters. The summed E-state index contributed by atoms with van der Waals surface area (Å²) in [6, 6.07) is 7.27. The van der Waals surface area contributed by atoms with Crippen LogP contribution < -0.4 is 4.74 Å². The number of hydrogen-bond donors (Lipinski definition) is 0. The molecule has 1 aromatic carbocycles. The maximum absolute atomic E-state index is 8.40. The second kappa shape index (κ2) is 4.68. The van der Waals surface area contributed by atoms with E-state index in [1.54, 1.807) is 12.1 Å². The Balaban J connectivity index is 3.10. The lowest BCUT2D eigenvalue weighted by Crippen LogP contribution is -2.11. The Kier molecular flexibility index (Phi) is 3.53. The van der Waals surface area contributed by atoms with Crippen molar-refractivity contribution in [1.29, 1.82) is 5.26 Å². The minimum Gasteiger partial charge on any atom is -0.480 e. The number of benzene rings is 1. The number of nitriles is 1. The van der Waals surface area contributed by atoms with Crippen molar-refractivity contribution in [1.82, 2.24) is 0 Å². The van der Waals surface area contributed by atoms with E-state index < -0.39 is 0 Å². The van der Waals surface area contributed by atoms with Gasteiger partial charge in [-0.3, -0.25) is 0 Å². The van der Waals surface area contributed by atoms with Gasteiger partial charge < -0.3 is 4.74 Å². The van der Waals surface area contributed by atoms with E-state index in [9.17, 15) is 0 Å². The van der Waals surface area contributed by atoms with Gasteiger partial charge >= 0.3 is 0 Å². The van der Waals surface area contributed by atoms with E-state index in [0.29, 0.717) is 11.4 Å². The van der Waals surface area contributed by atoms with Gasteiger partial charge in [-0.25, -0.2) is 4.85 Å². The van der Waals surface area contributed by atoms with E-state index in [0.717, 1.165) is 5.56 Å². The maximum atomic E-state index is 8.40. The molecule has 0 aromatic heterocycles. The summed E-state index contributed by atoms with van der Waals surface area (Å²) >= 11 is 0. The van der Waals surface area contributed by atoms with Crippen molar-refractivity contribution in [2.24, 2.45) is 0 Å². The smallest absolute Gasteiger partial charge is 0.194 e. The van der Waals surface area contributed by atoms with Gasteiger partial charge in [-0.2, -0.15) is 5.26 Å². The van der Waals surface area contributed by atoms with Crippen molar-refractivity contribution in [2.75, 3.05) is 6.61 Å². The van der Waals surface area contributed by atoms with Gasteiger partial charge in [0.15, 0.2) is 12.3 Å². The molecule has 3 heteroatoms. The van der Waals surface area contributed by atoms with Gasteiger partial charge in [-0.1, -0.05) is 26.8 Å². The van der Waals surface area contributed by atoms with Gasteiger partial charge in [-0.15, -0.1) is 0 Å². The summed E-state index contributed by atoms with van der Waals surface area (Å²) in [5.41, 5.74) is 1.52. The fourth-order valence-electron chi connectivity index (χ4n) is 1.44. The molecule has 1 aromatic rings. The van der Waals surface area contributed by atoms with Gasteiger partial charge in [0.2, 0.25) is 0 Å². The van der Waals surface area contributed by atoms with Gasteiger partial charge in [0, 0.05) is 0 Å². The van der Waals surface area contributed by atoms with Crippen molar-refractivity contribution in [3.8, 4) is 11.8 Å². The Hall–Kier alpha value is -2.00. The van der Waals surface area contributed by atoms with Crippen molar-refractivity contribution in [3.63, 3.8) is 0 Å². The first-order valence-corrected chi connectivity index (χ1v) is 5.01. The molecule has 3 nitrogen and oxygen atoms in total. The zero-order valence-corrected chi connectivity index (χ0v) is 9.74. The van der Waals surface area contributed by atoms with Crippen molar-refractivity contribution in [3.05, 3.63) is 35.2 Å². The lowest BCUT2D eigenvalue weighted by Gasteiger charge is -2.21. The molecule has 0 unspecified atom stereocenters. The molecule has 0 amide bonds. The molecular formula is C13H14N2O. The average Bonchev–Trinajstić information content (AvgIpc) is 2.24. The van der Waals surface area contributed by atoms with Crippen LogP contribution in [0.4, 0.5) is 5.69 Å². The third-order valence-corrected chi connectivity index (χ3v) is 2.20. The van der Waals surface area contributed by atoms with Crippen molar-refractivity contribution < 1.29 is 4.74 Å². The molecule has 0 heterocycles. The number of hydrogen-bond acceptors (Lipinski definition) is 2. The third kappa shape index (κ3) is 2.74. The zero-order chi connectivity index (χ0) is 12.2. The van der Waals surface area contributed by atoms with Crippen LogP contribution in [0.25, 0.3) is 4.85 Å². The van der Waals surface area contributed by atoms with E-state index in [1.807, 2.05) is 12.1 Å². The standard InChI is InChI=1S/C13H14N2O/c1-13(2,3)11-6-5-10(16-8-7-14)9-12(11)15-4/h5-6,9H,8H2,1-3H3. The fraction of sp³-hybridized carbons (Fsp3) is 0.385. The molecule has 0 aliphatic rings. The van der Waals surface area contributed by atoms with Crippen LogP contribution in [0, 0.1) is 17.9 Å². The fourth-order valence-corrected chi connectivity index (χ4v) is 1.44. The first kappa shape index (κ1) is 12.1. The molecule has 0 aliphatic carbocycles. The maximum Gasteiger partial charge on any atom is 0.194 e. The minimum absolute atomic E-state index is 0.00625. The summed E-state index contributed by atoms with van der Waals surface area (Å²) in [6.45, 7) is 13.3. The van der Waals surface area contributed by atoms with Crippen LogP contribution in [0.2, 0.25) is 0 Å². The molecule has 0 N–H and O–H groups in total. The Morgan fingerprint density at radius 3 is 2.62 bits per heavy atom. The monoisotopic (exact) mass is 214 g/mol. The summed E-state index contributed by atoms with van der Waals surface area (Å²) in [5.74, 6) is 0.570. The van der Waals surface area contributed by atoms with E-state index in [2.05, 4.69) is 25.6 Å². The Morgan fingerprint density at radius 2 is 2.12 bits per heavy atom. The summed E-state index contributed by atoms with van der Waals surface area (Å²) in [6.07, 6.45) is 0. The van der Waals surface area contributed by atoms with Gasteiger partial charge in [0.25, 0.3) is 0 Å². The quantitative estimate of drug-likeness (QED) is 0.707. The summed E-state index contributed by atoms with van der Waals surface area (Å²) < 4.78 is 5.16. The largest absolute Gasteiger partial charge is 0.480 e. The molecule has 0 fully saturated rings. The van der Waals surface area contributed by atoms with E-state index >= 15 is 0 Å². The topological polar surface area (TPSA) is 37.4 Å². The van der Waals surface area contributed by atoms with Crippen LogP contribution in [0.3, 0.4) is 0 Å². The van der Waals surface area contributed by atoms with Gasteiger partial charge in [0.1, 0.15) is 11.8 Å². The van der Waals surface area contributed by atoms with E-state index in [1.165, 1.54) is 0 Å². The molecule has 0 bridgehead atoms. The highest BCUT2D eigenvalue weighted by Crippen LogP contribution is 2.34. The lowest BCUT2D eigenvalue weighted by molar-refractivity contribution is 0.368. The third-order valence-electron chi connectivity index (χ3n) is 2.20. The predicted molar refractivity (Wildman–Crippen MR) is 62.5 cm³/mol. The van der Waals surface area contributed by atoms with Crippen molar-refractivity contribution in [2.45, 2.75) is 26.2 Å². The molecule has 0 saturated carbocycles. The first-order valence-electron chi connectivity index (χ1n) is 5.01. The van der Waals surface area contributed by atoms with Crippen LogP contribution in [-0.2, 0) is 5.41 Å². The normalized spacial score (nSPS) is 10.3. The highest BCUT2D eigenvalue weighted by atomic mass is 16.5. The number of ether oxygens (including phenoxy) is 1. The molecule has 0 radical (unpaired) electrons. The molecular weight excluding hydrogens is 200 g/mol. The highest BCUT2D eigenvalue weighted by molar-refractivity contribution is 5.58. The highest BCUT2D eigenvalue weighted by Gasteiger charge is 2.18. The predicted octanol–water partition coefficient (Wildman–Crippen LogP) is 3.44. The molecule has 0 spiro atoms. The molecule has 16 heavy (non-hydrogen) atoms. The van der Waals surface area contributed by atoms with E-state index in [4.69, 9.17) is 16.6 Å². The zero-order valence-electron chi connectivity index (χ0n) is 9.74. The van der Waals surface area contributed by atoms with Crippen LogP contribution >= 0.6 is 0 Å². The Bertz CT molecular complexity index is 458. The Morgan fingerprint density at radius 1 is 1.44 bits per heavy atom. The lowest BCUT2D eigenvalue weighted by atomic mass is 9.86. The minimum atomic E-state index is -0.0619. The van der Waals surface area contributed by atoms with Crippen LogP contribution in [0.1, 0.15) is 26.3 Å². The second-order valence-electron chi connectivity index (χ2n) is 4.49. The van der Waals surface area contributed by atoms with Gasteiger partial charge in [-0.05, 0) is 23.1 Å². The molecule has 1 rings (SSSR count). The summed E-state index contributed by atoms with van der Waals surface area (Å²) in [4.78, 5) is 3.49. The molecule has 0 saturated heterocycles. The molecule has 82 valence electrons. The number of rotatable bonds is 2. The van der Waals surface area contributed by atoms with Crippen LogP contribution in [0.15, 0.2) is 18.2 Å². The Labute approximate surface area is 96.1 Å². The summed E-state index contributed by atoms with van der Waals surface area (Å²) in [7, 11) is 0. The van der Waals surface area contributed by atoms with Crippen LogP contribution in [0.5, 0.6) is 5.75 Å². The van der Waals surface area contributed by atoms with Gasteiger partial charge in [0.05, 0.1) is 6.57 Å². The average molecular weight is 214 g/mol. The first-order chi connectivity index (χ1) is 7.49. The second-order valence-corrected chi connectivity index (χ2v) is 4.49. The number of nitrogens with zero attached hydrogens (tertiary/aromatic N) is 2.